The molecule has 0 bridgehead atoms. The molecule has 0 aromatic rings. The molecule has 0 radical (unpaired) electrons. The molecule has 0 aliphatic heterocycles. The molecule has 0 fully saturated rings. The fourth-order valence-electron chi connectivity index (χ4n) is 1.59. The van der Waals surface area contributed by atoms with Gasteiger partial charge < -0.3 is 29.4 Å². The summed E-state index contributed by atoms with van der Waals surface area (Å²) >= 11 is 0. The second kappa shape index (κ2) is 11.4. The minimum Gasteiger partial charge on any atom is -0.463 e. The van der Waals surface area contributed by atoms with Gasteiger partial charge in [0.2, 0.25) is 0 Å². The molecule has 9 heteroatoms. The van der Waals surface area contributed by atoms with Crippen LogP contribution in [0.2, 0.25) is 0 Å². The number of alkyl carbamates (subject to hydrolysis) is 1. The Morgan fingerprint density at radius 3 is 2.35 bits per heavy atom. The molecule has 2 N–H and O–H groups in total. The maximum Gasteiger partial charge on any atom is 0.407 e. The van der Waals surface area contributed by atoms with E-state index in [1.54, 1.807) is 0 Å². The van der Waals surface area contributed by atoms with E-state index in [9.17, 15) is 19.5 Å². The van der Waals surface area contributed by atoms with Crippen LogP contribution in [-0.2, 0) is 28.5 Å². The number of nitrogens with one attached hydrogen (secondary N) is 1. The fourth-order valence-corrected chi connectivity index (χ4v) is 1.59. The standard InChI is InChI=1S/C14H23NO8/c1-5-6-21-14(19)15-7-12(20-4)13(23-10(3)17)11(18)8-22-9(2)16/h5,11-13,18H,1,6-8H2,2-4H3,(H,15,19)/t11?,12-,13-/m1/s1. The van der Waals surface area contributed by atoms with Gasteiger partial charge in [0, 0.05) is 21.0 Å². The second-order valence-electron chi connectivity index (χ2n) is 4.49. The topological polar surface area (TPSA) is 120 Å². The van der Waals surface area contributed by atoms with Crippen molar-refractivity contribution in [1.82, 2.24) is 5.32 Å². The maximum absolute atomic E-state index is 11.4. The summed E-state index contributed by atoms with van der Waals surface area (Å²) in [6, 6.07) is 0. The number of hydrogen-bond donors (Lipinski definition) is 2. The molecule has 0 saturated heterocycles. The van der Waals surface area contributed by atoms with Gasteiger partial charge in [-0.25, -0.2) is 4.79 Å². The Bertz CT molecular complexity index is 412. The number of methoxy groups -OCH3 is 1. The van der Waals surface area contributed by atoms with E-state index >= 15 is 0 Å². The molecule has 3 atom stereocenters. The molecule has 0 aromatic carbocycles. The maximum atomic E-state index is 11.4. The van der Waals surface area contributed by atoms with Gasteiger partial charge in [-0.15, -0.1) is 0 Å². The normalized spacial score (nSPS) is 14.1. The molecule has 0 aliphatic carbocycles. The lowest BCUT2D eigenvalue weighted by atomic mass is 10.1. The average molecular weight is 333 g/mol. The summed E-state index contributed by atoms with van der Waals surface area (Å²) in [5, 5.41) is 12.4. The summed E-state index contributed by atoms with van der Waals surface area (Å²) in [7, 11) is 1.32. The van der Waals surface area contributed by atoms with E-state index in [1.165, 1.54) is 20.1 Å². The van der Waals surface area contributed by atoms with Gasteiger partial charge in [-0.3, -0.25) is 9.59 Å². The van der Waals surface area contributed by atoms with Gasteiger partial charge in [-0.2, -0.15) is 0 Å². The molecule has 0 aromatic heterocycles. The molecule has 0 aliphatic rings. The Morgan fingerprint density at radius 1 is 1.22 bits per heavy atom. The molecule has 0 saturated carbocycles. The van der Waals surface area contributed by atoms with Gasteiger partial charge in [0.15, 0.2) is 6.10 Å². The van der Waals surface area contributed by atoms with E-state index in [0.29, 0.717) is 0 Å². The minimum atomic E-state index is -1.32. The van der Waals surface area contributed by atoms with Crippen LogP contribution in [-0.4, -0.2) is 68.3 Å². The Labute approximate surface area is 134 Å². The van der Waals surface area contributed by atoms with Crippen LogP contribution in [0.3, 0.4) is 0 Å². The number of carbonyl (C=O) groups excluding carboxylic acids is 3. The van der Waals surface area contributed by atoms with Gasteiger partial charge in [0.1, 0.15) is 25.4 Å². The molecule has 0 spiro atoms. The molecule has 132 valence electrons. The van der Waals surface area contributed by atoms with Crippen molar-refractivity contribution in [3.8, 4) is 0 Å². The number of amides is 1. The van der Waals surface area contributed by atoms with Gasteiger partial charge in [-0.1, -0.05) is 12.7 Å². The minimum absolute atomic E-state index is 0.0337. The smallest absolute Gasteiger partial charge is 0.407 e. The Morgan fingerprint density at radius 2 is 1.87 bits per heavy atom. The second-order valence-corrected chi connectivity index (χ2v) is 4.49. The molecule has 1 unspecified atom stereocenters. The highest BCUT2D eigenvalue weighted by atomic mass is 16.6. The third-order valence-corrected chi connectivity index (χ3v) is 2.59. The first kappa shape index (κ1) is 20.9. The van der Waals surface area contributed by atoms with Gasteiger partial charge in [-0.05, 0) is 0 Å². The number of esters is 2. The first-order valence-electron chi connectivity index (χ1n) is 6.84. The number of ether oxygens (including phenoxy) is 4. The molecule has 0 rings (SSSR count). The molecule has 0 heterocycles. The first-order chi connectivity index (χ1) is 10.8. The van der Waals surface area contributed by atoms with Crippen molar-refractivity contribution in [3.63, 3.8) is 0 Å². The predicted molar refractivity (Wildman–Crippen MR) is 78.5 cm³/mol. The SMILES string of the molecule is C=CCOC(=O)NC[C@@H](OC)[C@H](OC(C)=O)C(O)COC(C)=O. The van der Waals surface area contributed by atoms with Gasteiger partial charge in [0.05, 0.1) is 6.54 Å². The highest BCUT2D eigenvalue weighted by Crippen LogP contribution is 2.10. The number of hydrogen-bond acceptors (Lipinski definition) is 8. The number of aliphatic hydroxyl groups is 1. The van der Waals surface area contributed by atoms with Crippen LogP contribution >= 0.6 is 0 Å². The van der Waals surface area contributed by atoms with Crippen LogP contribution in [0.25, 0.3) is 0 Å². The van der Waals surface area contributed by atoms with Crippen molar-refractivity contribution in [2.24, 2.45) is 0 Å². The summed E-state index contributed by atoms with van der Waals surface area (Å²) in [6.45, 7) is 5.29. The first-order valence-corrected chi connectivity index (χ1v) is 6.84. The van der Waals surface area contributed by atoms with E-state index in [0.717, 1.165) is 6.92 Å². The van der Waals surface area contributed by atoms with Crippen LogP contribution in [0.4, 0.5) is 4.79 Å². The summed E-state index contributed by atoms with van der Waals surface area (Å²) in [4.78, 5) is 33.3. The quantitative estimate of drug-likeness (QED) is 0.319. The summed E-state index contributed by atoms with van der Waals surface area (Å²) in [5.74, 6) is -1.25. The van der Waals surface area contributed by atoms with Crippen LogP contribution in [0.1, 0.15) is 13.8 Å². The van der Waals surface area contributed by atoms with Crippen LogP contribution < -0.4 is 5.32 Å². The number of carbonyl (C=O) groups is 3. The lowest BCUT2D eigenvalue weighted by Gasteiger charge is -2.29. The highest BCUT2D eigenvalue weighted by Gasteiger charge is 2.32. The van der Waals surface area contributed by atoms with Crippen molar-refractivity contribution < 1.29 is 38.4 Å². The number of aliphatic hydroxyl groups excluding tert-OH is 1. The Hall–Kier alpha value is -2.13. The molecular weight excluding hydrogens is 310 g/mol. The zero-order valence-electron chi connectivity index (χ0n) is 13.4. The Balaban J connectivity index is 4.73. The molecule has 23 heavy (non-hydrogen) atoms. The van der Waals surface area contributed by atoms with Crippen molar-refractivity contribution in [3.05, 3.63) is 12.7 Å². The van der Waals surface area contributed by atoms with Gasteiger partial charge in [0.25, 0.3) is 0 Å². The largest absolute Gasteiger partial charge is 0.463 e. The van der Waals surface area contributed by atoms with E-state index < -0.39 is 36.3 Å². The van der Waals surface area contributed by atoms with E-state index in [2.05, 4.69) is 16.6 Å². The summed E-state index contributed by atoms with van der Waals surface area (Å²) < 4.78 is 19.5. The van der Waals surface area contributed by atoms with E-state index in [4.69, 9.17) is 14.2 Å². The zero-order chi connectivity index (χ0) is 17.8. The van der Waals surface area contributed by atoms with Crippen molar-refractivity contribution in [2.75, 3.05) is 26.9 Å². The molecule has 9 nitrogen and oxygen atoms in total. The van der Waals surface area contributed by atoms with Crippen molar-refractivity contribution in [2.45, 2.75) is 32.2 Å². The molecule has 1 amide bonds. The van der Waals surface area contributed by atoms with Gasteiger partial charge >= 0.3 is 18.0 Å². The highest BCUT2D eigenvalue weighted by molar-refractivity contribution is 5.67. The lowest BCUT2D eigenvalue weighted by molar-refractivity contribution is -0.170. The Kier molecular flexibility index (Phi) is 10.4. The fraction of sp³-hybridized carbons (Fsp3) is 0.643. The summed E-state index contributed by atoms with van der Waals surface area (Å²) in [6.07, 6.45) is -2.66. The molecular formula is C14H23NO8. The third-order valence-electron chi connectivity index (χ3n) is 2.59. The third kappa shape index (κ3) is 9.48. The van der Waals surface area contributed by atoms with E-state index in [1.807, 2.05) is 0 Å². The predicted octanol–water partition coefficient (Wildman–Crippen LogP) is -0.231. The van der Waals surface area contributed by atoms with Crippen LogP contribution in [0.5, 0.6) is 0 Å². The van der Waals surface area contributed by atoms with Crippen LogP contribution in [0, 0.1) is 0 Å². The monoisotopic (exact) mass is 333 g/mol. The zero-order valence-corrected chi connectivity index (χ0v) is 13.4. The van der Waals surface area contributed by atoms with Crippen molar-refractivity contribution in [1.29, 1.82) is 0 Å². The summed E-state index contributed by atoms with van der Waals surface area (Å²) in [5.41, 5.74) is 0. The number of rotatable bonds is 10. The van der Waals surface area contributed by atoms with Crippen LogP contribution in [0.15, 0.2) is 12.7 Å². The van der Waals surface area contributed by atoms with Crippen molar-refractivity contribution >= 4 is 18.0 Å². The average Bonchev–Trinajstić information content (AvgIpc) is 2.49. The lowest BCUT2D eigenvalue weighted by Crippen LogP contribution is -2.49. The van der Waals surface area contributed by atoms with E-state index in [-0.39, 0.29) is 19.8 Å².